The number of aryl methyl sites for hydroxylation is 1. The third kappa shape index (κ3) is 4.05. The van der Waals surface area contributed by atoms with Crippen LogP contribution in [0.15, 0.2) is 34.4 Å². The first-order valence-electron chi connectivity index (χ1n) is 10.1. The Morgan fingerprint density at radius 2 is 2.07 bits per heavy atom. The van der Waals surface area contributed by atoms with Gasteiger partial charge in [-0.1, -0.05) is 29.8 Å². The third-order valence-electron chi connectivity index (χ3n) is 5.30. The number of anilines is 1. The highest BCUT2D eigenvalue weighted by Crippen LogP contribution is 2.32. The molecule has 2 aromatic heterocycles. The van der Waals surface area contributed by atoms with Crippen LogP contribution in [0.1, 0.15) is 32.3 Å². The molecule has 0 bridgehead atoms. The number of fused-ring (bicyclic) bond motifs is 1. The van der Waals surface area contributed by atoms with Crippen molar-refractivity contribution in [2.24, 2.45) is 5.92 Å². The second kappa shape index (κ2) is 7.99. The predicted molar refractivity (Wildman–Crippen MR) is 119 cm³/mol. The quantitative estimate of drug-likeness (QED) is 0.687. The maximum atomic E-state index is 12.7. The number of carbonyl (C=O) groups is 1. The lowest BCUT2D eigenvalue weighted by molar-refractivity contribution is -0.125. The zero-order chi connectivity index (χ0) is 20.5. The van der Waals surface area contributed by atoms with Crippen LogP contribution in [-0.4, -0.2) is 35.0 Å². The Morgan fingerprint density at radius 1 is 1.31 bits per heavy atom. The van der Waals surface area contributed by atoms with Gasteiger partial charge in [-0.15, -0.1) is 11.3 Å². The number of hydrogen-bond donors (Lipinski definition) is 2. The second-order valence-electron chi connectivity index (χ2n) is 8.03. The molecule has 0 radical (unpaired) electrons. The van der Waals surface area contributed by atoms with Crippen molar-refractivity contribution in [2.75, 3.05) is 18.0 Å². The number of hydrogen-bond acceptors (Lipinski definition) is 5. The summed E-state index contributed by atoms with van der Waals surface area (Å²) in [5, 5.41) is 5.00. The van der Waals surface area contributed by atoms with Gasteiger partial charge in [0.2, 0.25) is 11.9 Å². The Hall–Kier alpha value is -2.67. The van der Waals surface area contributed by atoms with E-state index < -0.39 is 0 Å². The van der Waals surface area contributed by atoms with Crippen LogP contribution in [0, 0.1) is 12.8 Å². The Morgan fingerprint density at radius 3 is 2.79 bits per heavy atom. The van der Waals surface area contributed by atoms with E-state index >= 15 is 0 Å². The van der Waals surface area contributed by atoms with Crippen LogP contribution in [0.25, 0.3) is 21.3 Å². The number of aromatic nitrogens is 2. The lowest BCUT2D eigenvalue weighted by Gasteiger charge is -2.32. The highest BCUT2D eigenvalue weighted by atomic mass is 32.1. The van der Waals surface area contributed by atoms with E-state index in [-0.39, 0.29) is 23.4 Å². The normalized spacial score (nSPS) is 17.1. The van der Waals surface area contributed by atoms with Crippen LogP contribution >= 0.6 is 11.3 Å². The molecule has 1 aliphatic rings. The van der Waals surface area contributed by atoms with Crippen molar-refractivity contribution in [3.63, 3.8) is 0 Å². The largest absolute Gasteiger partial charge is 0.354 e. The summed E-state index contributed by atoms with van der Waals surface area (Å²) >= 11 is 1.42. The first-order chi connectivity index (χ1) is 13.9. The fourth-order valence-electron chi connectivity index (χ4n) is 3.79. The summed E-state index contributed by atoms with van der Waals surface area (Å²) in [6, 6.07) is 8.37. The number of nitrogens with one attached hydrogen (secondary N) is 2. The van der Waals surface area contributed by atoms with Gasteiger partial charge in [-0.25, -0.2) is 4.98 Å². The molecule has 1 atom stereocenters. The van der Waals surface area contributed by atoms with Gasteiger partial charge in [0, 0.05) is 30.1 Å². The molecule has 4 rings (SSSR count). The maximum absolute atomic E-state index is 12.7. The minimum absolute atomic E-state index is 0.0732. The van der Waals surface area contributed by atoms with Gasteiger partial charge in [-0.2, -0.15) is 0 Å². The van der Waals surface area contributed by atoms with Crippen LogP contribution in [0.2, 0.25) is 0 Å². The van der Waals surface area contributed by atoms with E-state index in [1.807, 2.05) is 24.1 Å². The summed E-state index contributed by atoms with van der Waals surface area (Å²) in [6.07, 6.45) is 1.75. The molecule has 3 heterocycles. The van der Waals surface area contributed by atoms with Gasteiger partial charge in [-0.05, 0) is 39.2 Å². The minimum atomic E-state index is -0.123. The highest BCUT2D eigenvalue weighted by molar-refractivity contribution is 7.17. The van der Waals surface area contributed by atoms with Crippen molar-refractivity contribution < 1.29 is 4.79 Å². The Kier molecular flexibility index (Phi) is 5.41. The van der Waals surface area contributed by atoms with Crippen LogP contribution < -0.4 is 15.8 Å². The number of piperidine rings is 1. The molecule has 1 fully saturated rings. The molecule has 1 aliphatic heterocycles. The van der Waals surface area contributed by atoms with Gasteiger partial charge in [0.1, 0.15) is 4.70 Å². The van der Waals surface area contributed by atoms with E-state index in [9.17, 15) is 9.59 Å². The number of H-pyrrole nitrogens is 1. The molecule has 0 spiro atoms. The van der Waals surface area contributed by atoms with Crippen molar-refractivity contribution >= 4 is 33.4 Å². The average Bonchev–Trinajstić information content (AvgIpc) is 3.13. The van der Waals surface area contributed by atoms with Crippen LogP contribution in [0.3, 0.4) is 0 Å². The topological polar surface area (TPSA) is 78.1 Å². The molecular formula is C22H26N4O2S. The Balaban J connectivity index is 1.67. The van der Waals surface area contributed by atoms with E-state index in [1.54, 1.807) is 0 Å². The molecule has 3 aromatic rings. The van der Waals surface area contributed by atoms with E-state index in [2.05, 4.69) is 41.5 Å². The maximum Gasteiger partial charge on any atom is 0.270 e. The molecular weight excluding hydrogens is 384 g/mol. The van der Waals surface area contributed by atoms with E-state index in [1.165, 1.54) is 16.9 Å². The van der Waals surface area contributed by atoms with Gasteiger partial charge in [0.05, 0.1) is 11.4 Å². The Labute approximate surface area is 174 Å². The summed E-state index contributed by atoms with van der Waals surface area (Å²) < 4.78 is 0.635. The highest BCUT2D eigenvalue weighted by Gasteiger charge is 2.28. The molecule has 0 aliphatic carbocycles. The van der Waals surface area contributed by atoms with Crippen molar-refractivity contribution in [2.45, 2.75) is 39.7 Å². The van der Waals surface area contributed by atoms with Crippen LogP contribution in [0.4, 0.5) is 5.95 Å². The summed E-state index contributed by atoms with van der Waals surface area (Å²) in [6.45, 7) is 7.34. The summed E-state index contributed by atoms with van der Waals surface area (Å²) in [7, 11) is 0. The fourth-order valence-corrected chi connectivity index (χ4v) is 4.70. The number of carbonyl (C=O) groups excluding carboxylic acids is 1. The van der Waals surface area contributed by atoms with Crippen LogP contribution in [0.5, 0.6) is 0 Å². The molecule has 6 nitrogen and oxygen atoms in total. The number of nitrogens with zero attached hydrogens (tertiary/aromatic N) is 2. The molecule has 152 valence electrons. The average molecular weight is 411 g/mol. The van der Waals surface area contributed by atoms with Gasteiger partial charge in [0.25, 0.3) is 5.56 Å². The molecule has 0 unspecified atom stereocenters. The summed E-state index contributed by atoms with van der Waals surface area (Å²) in [5.74, 6) is 0.534. The van der Waals surface area contributed by atoms with Gasteiger partial charge in [0.15, 0.2) is 0 Å². The lowest BCUT2D eigenvalue weighted by atomic mass is 9.97. The van der Waals surface area contributed by atoms with Gasteiger partial charge < -0.3 is 10.2 Å². The summed E-state index contributed by atoms with van der Waals surface area (Å²) in [4.78, 5) is 35.0. The molecule has 1 aromatic carbocycles. The van der Waals surface area contributed by atoms with Crippen molar-refractivity contribution in [1.29, 1.82) is 0 Å². The van der Waals surface area contributed by atoms with Crippen molar-refractivity contribution in [1.82, 2.24) is 15.3 Å². The Bertz CT molecular complexity index is 1080. The standard InChI is InChI=1S/C22H26N4O2S/c1-13(2)23-20(27)16-5-4-10-26(11-16)22-24-18-17(12-29-19(18)21(28)25-22)15-8-6-14(3)7-9-15/h6-9,12-13,16H,4-5,10-11H2,1-3H3,(H,23,27)(H,24,25,28)/t16-/m1/s1. The third-order valence-corrected chi connectivity index (χ3v) is 6.27. The molecule has 29 heavy (non-hydrogen) atoms. The van der Waals surface area contributed by atoms with Crippen molar-refractivity contribution in [3.8, 4) is 11.1 Å². The molecule has 2 N–H and O–H groups in total. The van der Waals surface area contributed by atoms with Crippen molar-refractivity contribution in [3.05, 3.63) is 45.6 Å². The molecule has 1 amide bonds. The summed E-state index contributed by atoms with van der Waals surface area (Å²) in [5.41, 5.74) is 3.83. The van der Waals surface area contributed by atoms with E-state index in [0.717, 1.165) is 36.0 Å². The monoisotopic (exact) mass is 410 g/mol. The number of amides is 1. The molecule has 7 heteroatoms. The first-order valence-corrected chi connectivity index (χ1v) is 10.9. The molecule has 1 saturated heterocycles. The zero-order valence-corrected chi connectivity index (χ0v) is 17.8. The van der Waals surface area contributed by atoms with Gasteiger partial charge in [-0.3, -0.25) is 14.6 Å². The first kappa shape index (κ1) is 19.6. The number of thiophene rings is 1. The number of rotatable bonds is 4. The fraction of sp³-hybridized carbons (Fsp3) is 0.409. The second-order valence-corrected chi connectivity index (χ2v) is 8.91. The number of aromatic amines is 1. The minimum Gasteiger partial charge on any atom is -0.354 e. The van der Waals surface area contributed by atoms with Gasteiger partial charge >= 0.3 is 0 Å². The SMILES string of the molecule is Cc1ccc(-c2csc3c(=O)[nH]c(N4CCC[C@@H](C(=O)NC(C)C)C4)nc23)cc1. The predicted octanol–water partition coefficient (Wildman–Crippen LogP) is 3.70. The van der Waals surface area contributed by atoms with E-state index in [0.29, 0.717) is 17.2 Å². The smallest absolute Gasteiger partial charge is 0.270 e. The van der Waals surface area contributed by atoms with E-state index in [4.69, 9.17) is 4.98 Å². The zero-order valence-electron chi connectivity index (χ0n) is 17.0. The number of benzene rings is 1. The van der Waals surface area contributed by atoms with Crippen LogP contribution in [-0.2, 0) is 4.79 Å². The lowest BCUT2D eigenvalue weighted by Crippen LogP contribution is -2.45. The molecule has 0 saturated carbocycles.